The number of benzene rings is 2. The van der Waals surface area contributed by atoms with Gasteiger partial charge in [0.1, 0.15) is 0 Å². The molecule has 0 aliphatic heterocycles. The second kappa shape index (κ2) is 7.42. The van der Waals surface area contributed by atoms with Gasteiger partial charge < -0.3 is 10.1 Å². The fraction of sp³-hybridized carbons (Fsp3) is 0.222. The molecular formula is C18H18BrNO3. The van der Waals surface area contributed by atoms with E-state index in [4.69, 9.17) is 4.74 Å². The van der Waals surface area contributed by atoms with Gasteiger partial charge in [0.2, 0.25) is 0 Å². The molecule has 2 aromatic rings. The number of rotatable bonds is 4. The topological polar surface area (TPSA) is 55.4 Å². The molecule has 0 aliphatic rings. The van der Waals surface area contributed by atoms with E-state index in [0.717, 1.165) is 21.3 Å². The first-order valence-electron chi connectivity index (χ1n) is 7.22. The Morgan fingerprint density at radius 2 is 1.83 bits per heavy atom. The van der Waals surface area contributed by atoms with E-state index >= 15 is 0 Å². The summed E-state index contributed by atoms with van der Waals surface area (Å²) in [5.74, 6) is -0.892. The molecule has 23 heavy (non-hydrogen) atoms. The van der Waals surface area contributed by atoms with Crippen LogP contribution < -0.4 is 5.32 Å². The summed E-state index contributed by atoms with van der Waals surface area (Å²) in [6, 6.07) is 12.5. The van der Waals surface area contributed by atoms with Crippen LogP contribution in [0.2, 0.25) is 0 Å². The minimum atomic E-state index is -0.888. The van der Waals surface area contributed by atoms with E-state index < -0.39 is 12.1 Å². The first kappa shape index (κ1) is 17.2. The van der Waals surface area contributed by atoms with Gasteiger partial charge in [-0.05, 0) is 56.2 Å². The zero-order valence-electron chi connectivity index (χ0n) is 13.2. The minimum Gasteiger partial charge on any atom is -0.449 e. The molecule has 0 spiro atoms. The van der Waals surface area contributed by atoms with Gasteiger partial charge >= 0.3 is 5.97 Å². The smallest absolute Gasteiger partial charge is 0.338 e. The molecule has 0 aliphatic carbocycles. The molecule has 1 amide bonds. The molecule has 2 aromatic carbocycles. The average Bonchev–Trinajstić information content (AvgIpc) is 2.51. The largest absolute Gasteiger partial charge is 0.449 e. The summed E-state index contributed by atoms with van der Waals surface area (Å²) in [5.41, 5.74) is 3.19. The van der Waals surface area contributed by atoms with Crippen molar-refractivity contribution in [2.24, 2.45) is 0 Å². The Hall–Kier alpha value is -2.14. The van der Waals surface area contributed by atoms with Crippen molar-refractivity contribution in [1.82, 2.24) is 0 Å². The van der Waals surface area contributed by atoms with Gasteiger partial charge in [-0.25, -0.2) is 4.79 Å². The molecule has 5 heteroatoms. The highest BCUT2D eigenvalue weighted by Gasteiger charge is 2.19. The molecule has 4 nitrogen and oxygen atoms in total. The summed E-state index contributed by atoms with van der Waals surface area (Å²) in [7, 11) is 0. The Bertz CT molecular complexity index is 743. The normalized spacial score (nSPS) is 11.7. The van der Waals surface area contributed by atoms with Crippen molar-refractivity contribution in [3.63, 3.8) is 0 Å². The number of hydrogen-bond acceptors (Lipinski definition) is 3. The number of esters is 1. The van der Waals surface area contributed by atoms with E-state index in [1.54, 1.807) is 25.1 Å². The van der Waals surface area contributed by atoms with E-state index in [1.807, 2.05) is 38.1 Å². The van der Waals surface area contributed by atoms with Gasteiger partial charge in [0.15, 0.2) is 6.10 Å². The van der Waals surface area contributed by atoms with Crippen LogP contribution in [0, 0.1) is 13.8 Å². The highest BCUT2D eigenvalue weighted by atomic mass is 79.9. The highest BCUT2D eigenvalue weighted by Crippen LogP contribution is 2.19. The van der Waals surface area contributed by atoms with Crippen LogP contribution in [0.1, 0.15) is 28.4 Å². The quantitative estimate of drug-likeness (QED) is 0.812. The van der Waals surface area contributed by atoms with Crippen molar-refractivity contribution in [3.05, 3.63) is 63.6 Å². The van der Waals surface area contributed by atoms with E-state index in [9.17, 15) is 9.59 Å². The van der Waals surface area contributed by atoms with Crippen molar-refractivity contribution < 1.29 is 14.3 Å². The molecule has 2 rings (SSSR count). The summed E-state index contributed by atoms with van der Waals surface area (Å²) in [5, 5.41) is 2.79. The molecule has 0 fully saturated rings. The number of anilines is 1. The predicted octanol–water partition coefficient (Wildman–Crippen LogP) is 4.25. The zero-order valence-corrected chi connectivity index (χ0v) is 14.8. The maximum atomic E-state index is 12.2. The fourth-order valence-electron chi connectivity index (χ4n) is 2.02. The van der Waals surface area contributed by atoms with E-state index in [1.165, 1.54) is 0 Å². The molecule has 1 N–H and O–H groups in total. The molecule has 0 unspecified atom stereocenters. The summed E-state index contributed by atoms with van der Waals surface area (Å²) in [6.45, 7) is 5.46. The van der Waals surface area contributed by atoms with Gasteiger partial charge in [-0.1, -0.05) is 34.1 Å². The third-order valence-electron chi connectivity index (χ3n) is 3.58. The second-order valence-corrected chi connectivity index (χ2v) is 6.21. The third kappa shape index (κ3) is 4.42. The molecule has 0 aromatic heterocycles. The first-order chi connectivity index (χ1) is 10.9. The molecule has 0 saturated heterocycles. The lowest BCUT2D eigenvalue weighted by Crippen LogP contribution is -2.30. The lowest BCUT2D eigenvalue weighted by molar-refractivity contribution is -0.123. The molecular weight excluding hydrogens is 358 g/mol. The van der Waals surface area contributed by atoms with Crippen LogP contribution in [0.3, 0.4) is 0 Å². The van der Waals surface area contributed by atoms with Gasteiger partial charge in [-0.15, -0.1) is 0 Å². The van der Waals surface area contributed by atoms with Gasteiger partial charge in [-0.2, -0.15) is 0 Å². The number of ether oxygens (including phenoxy) is 1. The summed E-state index contributed by atoms with van der Waals surface area (Å²) >= 11 is 3.30. The van der Waals surface area contributed by atoms with Gasteiger partial charge in [0.05, 0.1) is 5.56 Å². The van der Waals surface area contributed by atoms with Crippen LogP contribution in [0.4, 0.5) is 5.69 Å². The van der Waals surface area contributed by atoms with Crippen LogP contribution in [0.5, 0.6) is 0 Å². The number of hydrogen-bond donors (Lipinski definition) is 1. The number of amides is 1. The Morgan fingerprint density at radius 1 is 1.13 bits per heavy atom. The van der Waals surface area contributed by atoms with Crippen molar-refractivity contribution in [2.45, 2.75) is 26.9 Å². The Kier molecular flexibility index (Phi) is 5.55. The Morgan fingerprint density at radius 3 is 2.52 bits per heavy atom. The van der Waals surface area contributed by atoms with Crippen LogP contribution in [-0.2, 0) is 9.53 Å². The number of nitrogens with one attached hydrogen (secondary N) is 1. The van der Waals surface area contributed by atoms with E-state index in [-0.39, 0.29) is 5.91 Å². The maximum Gasteiger partial charge on any atom is 0.338 e. The van der Waals surface area contributed by atoms with E-state index in [0.29, 0.717) is 5.56 Å². The average molecular weight is 376 g/mol. The van der Waals surface area contributed by atoms with Crippen molar-refractivity contribution in [1.29, 1.82) is 0 Å². The number of carbonyl (C=O) groups excluding carboxylic acids is 2. The Balaban J connectivity index is 2.02. The van der Waals surface area contributed by atoms with Crippen molar-refractivity contribution in [3.8, 4) is 0 Å². The van der Waals surface area contributed by atoms with E-state index in [2.05, 4.69) is 21.2 Å². The number of halogens is 1. The minimum absolute atomic E-state index is 0.359. The van der Waals surface area contributed by atoms with Gasteiger partial charge in [-0.3, -0.25) is 4.79 Å². The summed E-state index contributed by atoms with van der Waals surface area (Å²) in [6.07, 6.45) is -0.888. The van der Waals surface area contributed by atoms with Gasteiger partial charge in [0, 0.05) is 10.2 Å². The van der Waals surface area contributed by atoms with Crippen molar-refractivity contribution >= 4 is 33.5 Å². The molecule has 0 heterocycles. The van der Waals surface area contributed by atoms with Crippen molar-refractivity contribution in [2.75, 3.05) is 5.32 Å². The molecule has 120 valence electrons. The molecule has 0 saturated carbocycles. The molecule has 0 radical (unpaired) electrons. The lowest BCUT2D eigenvalue weighted by Gasteiger charge is -2.15. The maximum absolute atomic E-state index is 12.2. The summed E-state index contributed by atoms with van der Waals surface area (Å²) in [4.78, 5) is 24.3. The monoisotopic (exact) mass is 375 g/mol. The second-order valence-electron chi connectivity index (χ2n) is 5.29. The zero-order chi connectivity index (χ0) is 17.0. The van der Waals surface area contributed by atoms with Crippen LogP contribution in [-0.4, -0.2) is 18.0 Å². The highest BCUT2D eigenvalue weighted by molar-refractivity contribution is 9.10. The summed E-state index contributed by atoms with van der Waals surface area (Å²) < 4.78 is 6.00. The standard InChI is InChI=1S/C18H18BrNO3/c1-11-6-4-9-16(12(11)2)20-17(21)13(3)23-18(22)14-7-5-8-15(19)10-14/h4-10,13H,1-3H3,(H,20,21)/t13-/m1/s1. The molecule has 1 atom stereocenters. The number of carbonyl (C=O) groups is 2. The predicted molar refractivity (Wildman–Crippen MR) is 93.6 cm³/mol. The fourth-order valence-corrected chi connectivity index (χ4v) is 2.42. The molecule has 0 bridgehead atoms. The third-order valence-corrected chi connectivity index (χ3v) is 4.07. The van der Waals surface area contributed by atoms with Crippen LogP contribution in [0.25, 0.3) is 0 Å². The lowest BCUT2D eigenvalue weighted by atomic mass is 10.1. The first-order valence-corrected chi connectivity index (χ1v) is 8.01. The van der Waals surface area contributed by atoms with Gasteiger partial charge in [0.25, 0.3) is 5.91 Å². The van der Waals surface area contributed by atoms with Crippen LogP contribution >= 0.6 is 15.9 Å². The number of aryl methyl sites for hydroxylation is 1. The Labute approximate surface area is 144 Å². The SMILES string of the molecule is Cc1cccc(NC(=O)[C@@H](C)OC(=O)c2cccc(Br)c2)c1C. The van der Waals surface area contributed by atoms with Crippen LogP contribution in [0.15, 0.2) is 46.9 Å².